The summed E-state index contributed by atoms with van der Waals surface area (Å²) in [7, 11) is 2.36. The zero-order valence-electron chi connectivity index (χ0n) is 16.0. The zero-order valence-corrected chi connectivity index (χ0v) is 19.1. The van der Waals surface area contributed by atoms with E-state index < -0.39 is 9.84 Å². The van der Waals surface area contributed by atoms with Gasteiger partial charge in [0.1, 0.15) is 0 Å². The van der Waals surface area contributed by atoms with Gasteiger partial charge in [0.05, 0.1) is 11.5 Å². The molecule has 150 valence electrons. The lowest BCUT2D eigenvalue weighted by molar-refractivity contribution is 0.162. The highest BCUT2D eigenvalue weighted by Gasteiger charge is 2.06. The van der Waals surface area contributed by atoms with Gasteiger partial charge in [-0.25, -0.2) is 8.42 Å². The van der Waals surface area contributed by atoms with Gasteiger partial charge in [0.25, 0.3) is 0 Å². The summed E-state index contributed by atoms with van der Waals surface area (Å²) in [6, 6.07) is 6.99. The maximum atomic E-state index is 11.4. The number of nitrogens with zero attached hydrogens (tertiary/aromatic N) is 2. The summed E-state index contributed by atoms with van der Waals surface area (Å²) in [5.74, 6) is 0.757. The van der Waals surface area contributed by atoms with E-state index in [-0.39, 0.29) is 24.0 Å². The zero-order chi connectivity index (χ0) is 18.7. The smallest absolute Gasteiger partial charge is 0.191 e. The van der Waals surface area contributed by atoms with E-state index in [0.717, 1.165) is 50.7 Å². The van der Waals surface area contributed by atoms with Crippen molar-refractivity contribution in [1.29, 1.82) is 0 Å². The fourth-order valence-corrected chi connectivity index (χ4v) is 2.80. The monoisotopic (exact) mass is 498 g/mol. The Morgan fingerprint density at radius 1 is 1.15 bits per heavy atom. The Labute approximate surface area is 174 Å². The van der Waals surface area contributed by atoms with E-state index in [2.05, 4.69) is 27.6 Å². The van der Waals surface area contributed by atoms with Crippen molar-refractivity contribution in [1.82, 2.24) is 15.5 Å². The molecule has 1 aromatic rings. The predicted octanol–water partition coefficient (Wildman–Crippen LogP) is 0.994. The van der Waals surface area contributed by atoms with Gasteiger partial charge < -0.3 is 20.3 Å². The Kier molecular flexibility index (Phi) is 12.8. The lowest BCUT2D eigenvalue weighted by atomic mass is 10.1. The Morgan fingerprint density at radius 2 is 1.77 bits per heavy atom. The van der Waals surface area contributed by atoms with Gasteiger partial charge in [0.2, 0.25) is 0 Å². The number of nitrogens with one attached hydrogen (secondary N) is 2. The molecular formula is C17H31IN4O3S. The normalized spacial score (nSPS) is 12.0. The van der Waals surface area contributed by atoms with Gasteiger partial charge in [0, 0.05) is 46.6 Å². The lowest BCUT2D eigenvalue weighted by Gasteiger charge is -2.17. The van der Waals surface area contributed by atoms with Crippen LogP contribution in [0.15, 0.2) is 34.2 Å². The summed E-state index contributed by atoms with van der Waals surface area (Å²) in [4.78, 5) is 6.73. The number of hydrogen-bond donors (Lipinski definition) is 2. The van der Waals surface area contributed by atoms with Crippen LogP contribution in [0.25, 0.3) is 0 Å². The molecular weight excluding hydrogens is 467 g/mol. The minimum atomic E-state index is -3.14. The third kappa shape index (κ3) is 10.3. The first kappa shape index (κ1) is 25.1. The van der Waals surface area contributed by atoms with Crippen LogP contribution in [0.3, 0.4) is 0 Å². The highest BCUT2D eigenvalue weighted by Crippen LogP contribution is 2.10. The fourth-order valence-electron chi connectivity index (χ4n) is 2.17. The second-order valence-corrected chi connectivity index (χ2v) is 7.90. The lowest BCUT2D eigenvalue weighted by Crippen LogP contribution is -2.42. The number of ether oxygens (including phenoxy) is 1. The summed E-state index contributed by atoms with van der Waals surface area (Å²) in [5.41, 5.74) is 1.08. The summed E-state index contributed by atoms with van der Waals surface area (Å²) >= 11 is 0. The predicted molar refractivity (Wildman–Crippen MR) is 117 cm³/mol. The van der Waals surface area contributed by atoms with Gasteiger partial charge in [-0.15, -0.1) is 24.0 Å². The van der Waals surface area contributed by atoms with Crippen LogP contribution in [0.2, 0.25) is 0 Å². The number of likely N-dealkylation sites (N-methyl/N-ethyl adjacent to an activating group) is 1. The first-order valence-electron chi connectivity index (χ1n) is 8.28. The molecule has 26 heavy (non-hydrogen) atoms. The number of sulfone groups is 1. The van der Waals surface area contributed by atoms with Crippen LogP contribution >= 0.6 is 24.0 Å². The maximum absolute atomic E-state index is 11.4. The second-order valence-electron chi connectivity index (χ2n) is 5.89. The van der Waals surface area contributed by atoms with Crippen LogP contribution in [-0.2, 0) is 21.0 Å². The quantitative estimate of drug-likeness (QED) is 0.285. The number of hydrogen-bond acceptors (Lipinski definition) is 5. The van der Waals surface area contributed by atoms with E-state index >= 15 is 0 Å². The highest BCUT2D eigenvalue weighted by atomic mass is 127. The molecule has 0 heterocycles. The van der Waals surface area contributed by atoms with Gasteiger partial charge in [-0.3, -0.25) is 4.99 Å². The van der Waals surface area contributed by atoms with Crippen molar-refractivity contribution in [3.63, 3.8) is 0 Å². The number of methoxy groups -OCH3 is 1. The van der Waals surface area contributed by atoms with E-state index in [0.29, 0.717) is 4.90 Å². The van der Waals surface area contributed by atoms with Crippen LogP contribution in [0, 0.1) is 0 Å². The molecule has 0 saturated carbocycles. The Balaban J connectivity index is 0.00000625. The number of aliphatic imine (C=N–C) groups is 1. The average Bonchev–Trinajstić information content (AvgIpc) is 2.58. The van der Waals surface area contributed by atoms with E-state index in [1.165, 1.54) is 6.26 Å². The molecule has 0 aliphatic rings. The Morgan fingerprint density at radius 3 is 2.31 bits per heavy atom. The van der Waals surface area contributed by atoms with Gasteiger partial charge >= 0.3 is 0 Å². The molecule has 1 aromatic carbocycles. The standard InChI is InChI=1S/C17H30N4O3S.HI/c1-18-17(20-11-12-21(2)13-14-24-3)19-10-9-15-5-7-16(8-6-15)25(4,22)23;/h5-8H,9-14H2,1-4H3,(H2,18,19,20);1H. The molecule has 2 N–H and O–H groups in total. The number of guanidine groups is 1. The second kappa shape index (κ2) is 13.3. The van der Waals surface area contributed by atoms with E-state index in [1.807, 2.05) is 12.1 Å². The SMILES string of the molecule is CN=C(NCCc1ccc(S(C)(=O)=O)cc1)NCCN(C)CCOC.I. The topological polar surface area (TPSA) is 83.0 Å². The van der Waals surface area contributed by atoms with E-state index in [9.17, 15) is 8.42 Å². The molecule has 0 bridgehead atoms. The third-order valence-corrected chi connectivity index (χ3v) is 4.87. The van der Waals surface area contributed by atoms with Crippen molar-refractivity contribution in [2.75, 3.05) is 60.2 Å². The molecule has 0 aliphatic heterocycles. The summed E-state index contributed by atoms with van der Waals surface area (Å²) in [6.07, 6.45) is 2.00. The van der Waals surface area contributed by atoms with Gasteiger partial charge in [-0.05, 0) is 31.2 Å². The first-order chi connectivity index (χ1) is 11.9. The van der Waals surface area contributed by atoms with Gasteiger partial charge in [0.15, 0.2) is 15.8 Å². The maximum Gasteiger partial charge on any atom is 0.191 e. The average molecular weight is 498 g/mol. The molecule has 0 atom stereocenters. The van der Waals surface area contributed by atoms with Crippen LogP contribution in [0.1, 0.15) is 5.56 Å². The first-order valence-corrected chi connectivity index (χ1v) is 10.2. The van der Waals surface area contributed by atoms with Crippen molar-refractivity contribution < 1.29 is 13.2 Å². The molecule has 0 spiro atoms. The van der Waals surface area contributed by atoms with E-state index in [4.69, 9.17) is 4.74 Å². The molecule has 0 fully saturated rings. The molecule has 1 rings (SSSR count). The summed E-state index contributed by atoms with van der Waals surface area (Å²) < 4.78 is 27.9. The molecule has 7 nitrogen and oxygen atoms in total. The van der Waals surface area contributed by atoms with Crippen LogP contribution in [-0.4, -0.2) is 79.5 Å². The van der Waals surface area contributed by atoms with Crippen LogP contribution in [0.4, 0.5) is 0 Å². The van der Waals surface area contributed by atoms with Crippen LogP contribution < -0.4 is 10.6 Å². The third-order valence-electron chi connectivity index (χ3n) is 3.74. The molecule has 0 aliphatic carbocycles. The number of rotatable bonds is 10. The molecule has 0 saturated heterocycles. The van der Waals surface area contributed by atoms with Crippen molar-refractivity contribution in [3.8, 4) is 0 Å². The Hall–Kier alpha value is -0.910. The molecule has 0 radical (unpaired) electrons. The highest BCUT2D eigenvalue weighted by molar-refractivity contribution is 14.0. The minimum absolute atomic E-state index is 0. The molecule has 9 heteroatoms. The fraction of sp³-hybridized carbons (Fsp3) is 0.588. The molecule has 0 amide bonds. The summed E-state index contributed by atoms with van der Waals surface area (Å²) in [5, 5.41) is 6.53. The van der Waals surface area contributed by atoms with Crippen molar-refractivity contribution in [2.45, 2.75) is 11.3 Å². The van der Waals surface area contributed by atoms with E-state index in [1.54, 1.807) is 26.3 Å². The largest absolute Gasteiger partial charge is 0.383 e. The molecule has 0 aromatic heterocycles. The van der Waals surface area contributed by atoms with Crippen molar-refractivity contribution >= 4 is 39.8 Å². The van der Waals surface area contributed by atoms with Crippen molar-refractivity contribution in [3.05, 3.63) is 29.8 Å². The Bertz CT molecular complexity index is 636. The van der Waals surface area contributed by atoms with Gasteiger partial charge in [-0.2, -0.15) is 0 Å². The minimum Gasteiger partial charge on any atom is -0.383 e. The van der Waals surface area contributed by atoms with Crippen molar-refractivity contribution in [2.24, 2.45) is 4.99 Å². The van der Waals surface area contributed by atoms with Crippen LogP contribution in [0.5, 0.6) is 0 Å². The van der Waals surface area contributed by atoms with Gasteiger partial charge in [-0.1, -0.05) is 12.1 Å². The summed E-state index contributed by atoms with van der Waals surface area (Å²) in [6.45, 7) is 4.03. The number of halogens is 1. The number of benzene rings is 1. The molecule has 0 unspecified atom stereocenters.